The Morgan fingerprint density at radius 1 is 1.60 bits per heavy atom. The first-order valence-corrected chi connectivity index (χ1v) is 5.93. The fraction of sp³-hybridized carbons (Fsp3) is 0.769. The maximum Gasteiger partial charge on any atom is 0.110 e. The lowest BCUT2D eigenvalue weighted by molar-refractivity contribution is 0.154. The summed E-state index contributed by atoms with van der Waals surface area (Å²) < 4.78 is 0. The summed E-state index contributed by atoms with van der Waals surface area (Å²) in [6.45, 7) is 8.88. The number of nitriles is 1. The van der Waals surface area contributed by atoms with Gasteiger partial charge in [-0.1, -0.05) is 32.8 Å². The summed E-state index contributed by atoms with van der Waals surface area (Å²) in [5.74, 6) is 1.05. The third kappa shape index (κ3) is 2.60. The standard InChI is InChI=1S/C13H22N2/c1-4-9-15-13(10-14)8-6-5-7-12(13)11(2)3/h4,11-12,15H,1,5-9H2,2-3H3. The van der Waals surface area contributed by atoms with E-state index in [0.717, 1.165) is 13.0 Å². The third-order valence-electron chi connectivity index (χ3n) is 3.54. The minimum Gasteiger partial charge on any atom is -0.296 e. The molecule has 84 valence electrons. The predicted molar refractivity (Wildman–Crippen MR) is 63.3 cm³/mol. The maximum atomic E-state index is 9.44. The monoisotopic (exact) mass is 206 g/mol. The van der Waals surface area contributed by atoms with Gasteiger partial charge in [0, 0.05) is 6.54 Å². The molecule has 0 spiro atoms. The SMILES string of the molecule is C=CCNC1(C#N)CCCCC1C(C)C. The molecule has 1 rings (SSSR count). The minimum atomic E-state index is -0.305. The summed E-state index contributed by atoms with van der Waals surface area (Å²) >= 11 is 0. The lowest BCUT2D eigenvalue weighted by Gasteiger charge is -2.41. The Kier molecular flexibility index (Phi) is 4.35. The molecule has 0 aromatic carbocycles. The summed E-state index contributed by atoms with van der Waals surface area (Å²) in [6, 6.07) is 2.52. The second kappa shape index (κ2) is 5.32. The molecular weight excluding hydrogens is 184 g/mol. The predicted octanol–water partition coefficient (Wildman–Crippen LogP) is 2.87. The molecule has 1 fully saturated rings. The first kappa shape index (κ1) is 12.3. The summed E-state index contributed by atoms with van der Waals surface area (Å²) in [5, 5.41) is 12.8. The van der Waals surface area contributed by atoms with Crippen LogP contribution in [0.2, 0.25) is 0 Å². The van der Waals surface area contributed by atoms with Crippen molar-refractivity contribution in [2.24, 2.45) is 11.8 Å². The first-order valence-electron chi connectivity index (χ1n) is 5.93. The van der Waals surface area contributed by atoms with Crippen LogP contribution >= 0.6 is 0 Å². The van der Waals surface area contributed by atoms with Gasteiger partial charge in [0.15, 0.2) is 0 Å². The van der Waals surface area contributed by atoms with Crippen LogP contribution in [0.25, 0.3) is 0 Å². The van der Waals surface area contributed by atoms with Gasteiger partial charge in [0.1, 0.15) is 5.54 Å². The Bertz CT molecular complexity index is 252. The number of hydrogen-bond donors (Lipinski definition) is 1. The van der Waals surface area contributed by atoms with E-state index in [4.69, 9.17) is 0 Å². The smallest absolute Gasteiger partial charge is 0.110 e. The molecule has 2 nitrogen and oxygen atoms in total. The molecule has 1 aliphatic rings. The van der Waals surface area contributed by atoms with Crippen molar-refractivity contribution in [3.05, 3.63) is 12.7 Å². The zero-order valence-electron chi connectivity index (χ0n) is 9.92. The molecule has 15 heavy (non-hydrogen) atoms. The highest BCUT2D eigenvalue weighted by Crippen LogP contribution is 2.37. The Balaban J connectivity index is 2.81. The van der Waals surface area contributed by atoms with Gasteiger partial charge in [-0.2, -0.15) is 5.26 Å². The highest BCUT2D eigenvalue weighted by Gasteiger charge is 2.41. The van der Waals surface area contributed by atoms with E-state index in [9.17, 15) is 5.26 Å². The molecule has 0 aliphatic heterocycles. The highest BCUT2D eigenvalue weighted by atomic mass is 15.0. The molecule has 0 bridgehead atoms. The molecule has 0 heterocycles. The van der Waals surface area contributed by atoms with Crippen LogP contribution in [0.4, 0.5) is 0 Å². The van der Waals surface area contributed by atoms with E-state index in [1.165, 1.54) is 19.3 Å². The molecule has 2 heteroatoms. The molecule has 1 N–H and O–H groups in total. The fourth-order valence-electron chi connectivity index (χ4n) is 2.75. The van der Waals surface area contributed by atoms with Crippen LogP contribution in [0.1, 0.15) is 39.5 Å². The summed E-state index contributed by atoms with van der Waals surface area (Å²) in [4.78, 5) is 0. The van der Waals surface area contributed by atoms with Crippen LogP contribution in [0.5, 0.6) is 0 Å². The lowest BCUT2D eigenvalue weighted by Crippen LogP contribution is -2.53. The number of rotatable bonds is 4. The summed E-state index contributed by atoms with van der Waals surface area (Å²) in [6.07, 6.45) is 6.43. The van der Waals surface area contributed by atoms with Crippen LogP contribution in [0, 0.1) is 23.2 Å². The molecule has 2 atom stereocenters. The Hall–Kier alpha value is -0.810. The summed E-state index contributed by atoms with van der Waals surface area (Å²) in [5.41, 5.74) is -0.305. The van der Waals surface area contributed by atoms with Crippen molar-refractivity contribution in [2.75, 3.05) is 6.54 Å². The second-order valence-electron chi connectivity index (χ2n) is 4.85. The van der Waals surface area contributed by atoms with E-state index in [2.05, 4.69) is 31.8 Å². The molecular formula is C13H22N2. The molecule has 2 unspecified atom stereocenters. The molecule has 1 saturated carbocycles. The van der Waals surface area contributed by atoms with Gasteiger partial charge in [0.2, 0.25) is 0 Å². The Morgan fingerprint density at radius 3 is 2.87 bits per heavy atom. The van der Waals surface area contributed by atoms with Crippen molar-refractivity contribution in [1.82, 2.24) is 5.32 Å². The minimum absolute atomic E-state index is 0.305. The second-order valence-corrected chi connectivity index (χ2v) is 4.85. The Labute approximate surface area is 93.4 Å². The molecule has 0 saturated heterocycles. The van der Waals surface area contributed by atoms with E-state index in [0.29, 0.717) is 11.8 Å². The van der Waals surface area contributed by atoms with Gasteiger partial charge < -0.3 is 0 Å². The van der Waals surface area contributed by atoms with Crippen molar-refractivity contribution >= 4 is 0 Å². The van der Waals surface area contributed by atoms with E-state index in [-0.39, 0.29) is 5.54 Å². The van der Waals surface area contributed by atoms with Crippen molar-refractivity contribution < 1.29 is 0 Å². The van der Waals surface area contributed by atoms with E-state index in [1.807, 2.05) is 6.08 Å². The zero-order chi connectivity index (χ0) is 11.3. The fourth-order valence-corrected chi connectivity index (χ4v) is 2.75. The van der Waals surface area contributed by atoms with Crippen LogP contribution < -0.4 is 5.32 Å². The summed E-state index contributed by atoms with van der Waals surface area (Å²) in [7, 11) is 0. The average Bonchev–Trinajstić information content (AvgIpc) is 2.26. The molecule has 0 radical (unpaired) electrons. The van der Waals surface area contributed by atoms with Crippen molar-refractivity contribution in [3.63, 3.8) is 0 Å². The molecule has 0 aromatic rings. The molecule has 1 aliphatic carbocycles. The van der Waals surface area contributed by atoms with Gasteiger partial charge in [-0.15, -0.1) is 6.58 Å². The zero-order valence-corrected chi connectivity index (χ0v) is 9.92. The van der Waals surface area contributed by atoms with Crippen LogP contribution in [0.3, 0.4) is 0 Å². The third-order valence-corrected chi connectivity index (χ3v) is 3.54. The van der Waals surface area contributed by atoms with Crippen LogP contribution in [-0.4, -0.2) is 12.1 Å². The van der Waals surface area contributed by atoms with Gasteiger partial charge >= 0.3 is 0 Å². The van der Waals surface area contributed by atoms with Crippen LogP contribution in [-0.2, 0) is 0 Å². The van der Waals surface area contributed by atoms with Gasteiger partial charge in [-0.05, 0) is 24.7 Å². The molecule has 0 aromatic heterocycles. The number of hydrogen-bond acceptors (Lipinski definition) is 2. The molecule has 0 amide bonds. The quantitative estimate of drug-likeness (QED) is 0.718. The average molecular weight is 206 g/mol. The van der Waals surface area contributed by atoms with Gasteiger partial charge in [0.25, 0.3) is 0 Å². The van der Waals surface area contributed by atoms with Gasteiger partial charge in [-0.3, -0.25) is 5.32 Å². The van der Waals surface area contributed by atoms with Crippen molar-refractivity contribution in [2.45, 2.75) is 45.1 Å². The number of nitrogens with zero attached hydrogens (tertiary/aromatic N) is 1. The van der Waals surface area contributed by atoms with E-state index in [1.54, 1.807) is 0 Å². The van der Waals surface area contributed by atoms with Gasteiger partial charge in [-0.25, -0.2) is 0 Å². The van der Waals surface area contributed by atoms with Crippen LogP contribution in [0.15, 0.2) is 12.7 Å². The Morgan fingerprint density at radius 2 is 2.33 bits per heavy atom. The van der Waals surface area contributed by atoms with E-state index < -0.39 is 0 Å². The maximum absolute atomic E-state index is 9.44. The topological polar surface area (TPSA) is 35.8 Å². The van der Waals surface area contributed by atoms with Crippen molar-refractivity contribution in [1.29, 1.82) is 5.26 Å². The van der Waals surface area contributed by atoms with E-state index >= 15 is 0 Å². The normalized spacial score (nSPS) is 31.2. The van der Waals surface area contributed by atoms with Gasteiger partial charge in [0.05, 0.1) is 6.07 Å². The number of nitrogens with one attached hydrogen (secondary N) is 1. The largest absolute Gasteiger partial charge is 0.296 e. The lowest BCUT2D eigenvalue weighted by atomic mass is 9.68. The highest BCUT2D eigenvalue weighted by molar-refractivity contribution is 5.13. The van der Waals surface area contributed by atoms with Crippen molar-refractivity contribution in [3.8, 4) is 6.07 Å². The first-order chi connectivity index (χ1) is 7.16.